The Balaban J connectivity index is 5.24. The van der Waals surface area contributed by atoms with Crippen LogP contribution in [0, 0.1) is 11.5 Å². The quantitative estimate of drug-likeness (QED) is 0.260. The Morgan fingerprint density at radius 2 is 1.14 bits per heavy atom. The highest BCUT2D eigenvalue weighted by Gasteiger charge is 2.31. The van der Waals surface area contributed by atoms with Crippen LogP contribution in [0.1, 0.15) is 62.3 Å². The van der Waals surface area contributed by atoms with Crippen LogP contribution in [-0.4, -0.2) is 45.5 Å². The summed E-state index contributed by atoms with van der Waals surface area (Å²) in [5.74, 6) is 0. The van der Waals surface area contributed by atoms with Crippen molar-refractivity contribution in [3.8, 4) is 6.19 Å². The molecule has 0 N–H and O–H groups in total. The molecule has 130 valence electrons. The molecule has 0 aliphatic carbocycles. The van der Waals surface area contributed by atoms with E-state index in [1.165, 1.54) is 0 Å². The molecular weight excluding hydrogens is 299 g/mol. The Hall–Kier alpha value is -0.440. The van der Waals surface area contributed by atoms with Crippen LogP contribution >= 0.6 is 8.53 Å². The molecule has 0 bridgehead atoms. The molecule has 0 fully saturated rings. The van der Waals surface area contributed by atoms with E-state index in [1.54, 1.807) is 4.67 Å². The predicted molar refractivity (Wildman–Crippen MR) is 91.3 cm³/mol. The molecule has 0 heterocycles. The maximum atomic E-state index is 9.37. The van der Waals surface area contributed by atoms with E-state index in [9.17, 15) is 5.26 Å². The number of hydrogen-bond donors (Lipinski definition) is 0. The highest BCUT2D eigenvalue weighted by Crippen LogP contribution is 2.45. The van der Waals surface area contributed by atoms with Gasteiger partial charge in [0, 0.05) is 30.7 Å². The monoisotopic (exact) mass is 332 g/mol. The summed E-state index contributed by atoms with van der Waals surface area (Å²) >= 11 is 0. The topological polar surface area (TPSA) is 52.0 Å². The molecule has 0 aromatic rings. The molecule has 0 aromatic carbocycles. The van der Waals surface area contributed by atoms with Crippen LogP contribution in [0.4, 0.5) is 0 Å². The van der Waals surface area contributed by atoms with Crippen molar-refractivity contribution in [3.63, 3.8) is 0 Å². The zero-order valence-electron chi connectivity index (χ0n) is 15.6. The van der Waals surface area contributed by atoms with E-state index in [0.717, 1.165) is 0 Å². The van der Waals surface area contributed by atoms with E-state index in [-0.39, 0.29) is 24.2 Å². The van der Waals surface area contributed by atoms with Crippen molar-refractivity contribution < 1.29 is 9.25 Å². The van der Waals surface area contributed by atoms with Crippen LogP contribution in [0.5, 0.6) is 0 Å². The second-order valence-corrected chi connectivity index (χ2v) is 7.60. The van der Waals surface area contributed by atoms with Crippen LogP contribution in [0.3, 0.4) is 0 Å². The van der Waals surface area contributed by atoms with Gasteiger partial charge < -0.3 is 0 Å². The largest absolute Gasteiger partial charge is 0.335 e. The number of nitrogens with zero attached hydrogens (tertiary/aromatic N) is 4. The molecule has 22 heavy (non-hydrogen) atoms. The first-order valence-corrected chi connectivity index (χ1v) is 9.18. The van der Waals surface area contributed by atoms with Crippen molar-refractivity contribution >= 4 is 8.53 Å². The zero-order valence-corrected chi connectivity index (χ0v) is 16.5. The predicted octanol–water partition coefficient (Wildman–Crippen LogP) is 4.12. The van der Waals surface area contributed by atoms with Crippen LogP contribution in [0.25, 0.3) is 0 Å². The maximum Gasteiger partial charge on any atom is 0.335 e. The summed E-state index contributed by atoms with van der Waals surface area (Å²) in [4.78, 5) is 0. The summed E-state index contributed by atoms with van der Waals surface area (Å²) in [6.45, 7) is 19.0. The van der Waals surface area contributed by atoms with Gasteiger partial charge in [0.15, 0.2) is 6.19 Å². The fraction of sp³-hybridized carbons (Fsp3) is 0.933. The summed E-state index contributed by atoms with van der Waals surface area (Å²) in [5, 5.41) is 13.2. The van der Waals surface area contributed by atoms with Gasteiger partial charge in [-0.15, -0.1) is 0 Å². The number of nitriles is 1. The molecule has 7 heteroatoms. The van der Waals surface area contributed by atoms with E-state index in [4.69, 9.17) is 9.25 Å². The van der Waals surface area contributed by atoms with Gasteiger partial charge in [-0.3, -0.25) is 0 Å². The van der Waals surface area contributed by atoms with Gasteiger partial charge in [-0.05, 0) is 62.3 Å². The van der Waals surface area contributed by atoms with Gasteiger partial charge in [-0.1, -0.05) is 0 Å². The zero-order chi connectivity index (χ0) is 17.4. The SMILES string of the molecule is CCN(C#N)P(ON(C(C)C)C(C)C)ON(C(C)C)C(C)C. The van der Waals surface area contributed by atoms with Gasteiger partial charge in [0.1, 0.15) is 0 Å². The van der Waals surface area contributed by atoms with E-state index < -0.39 is 8.53 Å². The maximum absolute atomic E-state index is 9.37. The third kappa shape index (κ3) is 6.76. The van der Waals surface area contributed by atoms with E-state index in [2.05, 4.69) is 61.6 Å². The Morgan fingerprint density at radius 3 is 1.32 bits per heavy atom. The van der Waals surface area contributed by atoms with E-state index in [0.29, 0.717) is 6.54 Å². The minimum atomic E-state index is -1.51. The number of rotatable bonds is 10. The summed E-state index contributed by atoms with van der Waals surface area (Å²) in [7, 11) is -1.51. The molecule has 0 radical (unpaired) electrons. The molecule has 0 unspecified atom stereocenters. The summed E-state index contributed by atoms with van der Waals surface area (Å²) in [5.41, 5.74) is 0. The van der Waals surface area contributed by atoms with Crippen LogP contribution in [-0.2, 0) is 9.25 Å². The van der Waals surface area contributed by atoms with Crippen molar-refractivity contribution in [2.24, 2.45) is 0 Å². The molecule has 0 rings (SSSR count). The lowest BCUT2D eigenvalue weighted by atomic mass is 10.3. The molecule has 0 atom stereocenters. The molecular formula is C15H33N4O2P. The Labute approximate surface area is 137 Å². The smallest absolute Gasteiger partial charge is 0.241 e. The first kappa shape index (κ1) is 21.6. The van der Waals surface area contributed by atoms with Crippen LogP contribution in [0.15, 0.2) is 0 Å². The summed E-state index contributed by atoms with van der Waals surface area (Å²) in [6.07, 6.45) is 2.18. The minimum absolute atomic E-state index is 0.206. The van der Waals surface area contributed by atoms with Crippen LogP contribution in [0.2, 0.25) is 0 Å². The Bertz CT molecular complexity index is 307. The van der Waals surface area contributed by atoms with Crippen molar-refractivity contribution in [1.29, 1.82) is 5.26 Å². The second-order valence-electron chi connectivity index (χ2n) is 6.31. The van der Waals surface area contributed by atoms with Crippen molar-refractivity contribution in [2.45, 2.75) is 86.5 Å². The lowest BCUT2D eigenvalue weighted by Gasteiger charge is -2.38. The van der Waals surface area contributed by atoms with Gasteiger partial charge >= 0.3 is 8.53 Å². The van der Waals surface area contributed by atoms with Crippen molar-refractivity contribution in [2.75, 3.05) is 6.54 Å². The first-order chi connectivity index (χ1) is 10.1. The fourth-order valence-electron chi connectivity index (χ4n) is 2.06. The Kier molecular flexibility index (Phi) is 10.1. The molecule has 0 aromatic heterocycles. The fourth-order valence-corrected chi connectivity index (χ4v) is 3.64. The molecule has 0 saturated carbocycles. The van der Waals surface area contributed by atoms with Crippen molar-refractivity contribution in [3.05, 3.63) is 0 Å². The van der Waals surface area contributed by atoms with E-state index in [1.807, 2.05) is 17.1 Å². The number of hydroxylamine groups is 4. The highest BCUT2D eigenvalue weighted by atomic mass is 31.2. The van der Waals surface area contributed by atoms with Gasteiger partial charge in [0.25, 0.3) is 0 Å². The number of hydrogen-bond acceptors (Lipinski definition) is 6. The molecule has 0 amide bonds. The van der Waals surface area contributed by atoms with Gasteiger partial charge in [0.2, 0.25) is 0 Å². The lowest BCUT2D eigenvalue weighted by molar-refractivity contribution is -0.163. The standard InChI is InChI=1S/C15H33N4O2P/c1-10-17(11-16)22(20-18(12(2)3)13(4)5)21-19(14(6)7)15(8)9/h12-15H,10H2,1-9H3. The van der Waals surface area contributed by atoms with Gasteiger partial charge in [-0.2, -0.15) is 15.4 Å². The van der Waals surface area contributed by atoms with Crippen LogP contribution < -0.4 is 0 Å². The normalized spacial score (nSPS) is 12.5. The third-order valence-electron chi connectivity index (χ3n) is 2.98. The second kappa shape index (κ2) is 10.4. The first-order valence-electron chi connectivity index (χ1n) is 8.05. The minimum Gasteiger partial charge on any atom is -0.241 e. The highest BCUT2D eigenvalue weighted by molar-refractivity contribution is 7.44. The summed E-state index contributed by atoms with van der Waals surface area (Å²) < 4.78 is 13.7. The van der Waals surface area contributed by atoms with Gasteiger partial charge in [-0.25, -0.2) is 13.9 Å². The van der Waals surface area contributed by atoms with E-state index >= 15 is 0 Å². The molecule has 0 aliphatic heterocycles. The van der Waals surface area contributed by atoms with Crippen molar-refractivity contribution in [1.82, 2.24) is 14.8 Å². The molecule has 6 nitrogen and oxygen atoms in total. The summed E-state index contributed by atoms with van der Waals surface area (Å²) in [6, 6.07) is 0.824. The average molecular weight is 332 g/mol. The lowest BCUT2D eigenvalue weighted by Crippen LogP contribution is -2.40. The third-order valence-corrected chi connectivity index (χ3v) is 4.40. The molecule has 0 saturated heterocycles. The van der Waals surface area contributed by atoms with Gasteiger partial charge in [0.05, 0.1) is 0 Å². The molecule has 0 aliphatic rings. The average Bonchev–Trinajstić information content (AvgIpc) is 2.40. The molecule has 0 spiro atoms. The Morgan fingerprint density at radius 1 is 0.818 bits per heavy atom.